The van der Waals surface area contributed by atoms with Crippen molar-refractivity contribution in [2.24, 2.45) is 0 Å². The molecular weight excluding hydrogens is 468 g/mol. The van der Waals surface area contributed by atoms with E-state index in [1.807, 2.05) is 45.4 Å². The van der Waals surface area contributed by atoms with Gasteiger partial charge in [-0.3, -0.25) is 9.48 Å². The molecule has 1 aromatic heterocycles. The third-order valence-corrected chi connectivity index (χ3v) is 8.87. The Balaban J connectivity index is 1.62. The van der Waals surface area contributed by atoms with Gasteiger partial charge in [0.15, 0.2) is 0 Å². The van der Waals surface area contributed by atoms with E-state index in [0.717, 1.165) is 27.0 Å². The highest BCUT2D eigenvalue weighted by atomic mass is 79.9. The van der Waals surface area contributed by atoms with Crippen LogP contribution in [0, 0.1) is 27.7 Å². The van der Waals surface area contributed by atoms with Gasteiger partial charge in [-0.25, -0.2) is 8.42 Å². The van der Waals surface area contributed by atoms with Gasteiger partial charge in [-0.15, -0.1) is 0 Å². The van der Waals surface area contributed by atoms with E-state index in [9.17, 15) is 13.2 Å². The third kappa shape index (κ3) is 4.48. The van der Waals surface area contributed by atoms with Crippen molar-refractivity contribution in [3.8, 4) is 0 Å². The minimum absolute atomic E-state index is 0.0226. The molecule has 0 aliphatic carbocycles. The molecule has 0 unspecified atom stereocenters. The first kappa shape index (κ1) is 23.0. The molecule has 0 spiro atoms. The Morgan fingerprint density at radius 1 is 1.10 bits per heavy atom. The minimum atomic E-state index is -3.55. The molecule has 3 rings (SSSR count). The smallest absolute Gasteiger partial charge is 0.243 e. The number of hydrogen-bond acceptors (Lipinski definition) is 4. The molecule has 1 saturated heterocycles. The average molecular weight is 497 g/mol. The lowest BCUT2D eigenvalue weighted by atomic mass is 10.1. The lowest BCUT2D eigenvalue weighted by Gasteiger charge is -2.34. The number of aryl methyl sites for hydroxylation is 3. The maximum atomic E-state index is 13.0. The summed E-state index contributed by atoms with van der Waals surface area (Å²) in [7, 11) is -3.55. The summed E-state index contributed by atoms with van der Waals surface area (Å²) in [5.41, 5.74) is 3.91. The fraction of sp³-hybridized carbons (Fsp3) is 0.524. The van der Waals surface area contributed by atoms with Gasteiger partial charge in [0.2, 0.25) is 15.9 Å². The van der Waals surface area contributed by atoms with Crippen molar-refractivity contribution in [1.29, 1.82) is 0 Å². The Labute approximate surface area is 187 Å². The van der Waals surface area contributed by atoms with Crippen molar-refractivity contribution in [3.63, 3.8) is 0 Å². The number of nitrogens with zero attached hydrogens (tertiary/aromatic N) is 4. The number of amides is 1. The highest BCUT2D eigenvalue weighted by Gasteiger charge is 2.31. The van der Waals surface area contributed by atoms with Crippen LogP contribution in [0.4, 0.5) is 0 Å². The molecule has 0 N–H and O–H groups in total. The summed E-state index contributed by atoms with van der Waals surface area (Å²) in [6, 6.07) is 5.14. The monoisotopic (exact) mass is 496 g/mol. The molecule has 0 radical (unpaired) electrons. The van der Waals surface area contributed by atoms with Gasteiger partial charge in [0.05, 0.1) is 26.8 Å². The van der Waals surface area contributed by atoms with Crippen LogP contribution in [-0.4, -0.2) is 59.5 Å². The van der Waals surface area contributed by atoms with Crippen LogP contribution in [0.5, 0.6) is 0 Å². The molecule has 0 bridgehead atoms. The average Bonchev–Trinajstić information content (AvgIpc) is 2.97. The number of aromatic nitrogens is 2. The normalized spacial score (nSPS) is 16.7. The van der Waals surface area contributed by atoms with E-state index >= 15 is 0 Å². The number of rotatable bonds is 5. The Bertz CT molecular complexity index is 1060. The molecule has 0 saturated carbocycles. The second-order valence-electron chi connectivity index (χ2n) is 8.01. The van der Waals surface area contributed by atoms with Crippen molar-refractivity contribution in [2.75, 3.05) is 26.2 Å². The first-order valence-corrected chi connectivity index (χ1v) is 12.3. The van der Waals surface area contributed by atoms with Gasteiger partial charge in [0, 0.05) is 32.6 Å². The maximum Gasteiger partial charge on any atom is 0.243 e. The quantitative estimate of drug-likeness (QED) is 0.635. The van der Waals surface area contributed by atoms with Crippen molar-refractivity contribution in [3.05, 3.63) is 45.2 Å². The molecule has 7 nitrogen and oxygen atoms in total. The summed E-state index contributed by atoms with van der Waals surface area (Å²) in [6.07, 6.45) is 0.332. The zero-order valence-electron chi connectivity index (χ0n) is 18.1. The molecule has 1 aliphatic heterocycles. The first-order chi connectivity index (χ1) is 14.0. The van der Waals surface area contributed by atoms with E-state index in [0.29, 0.717) is 37.5 Å². The molecule has 164 valence electrons. The van der Waals surface area contributed by atoms with Gasteiger partial charge in [0.25, 0.3) is 0 Å². The Morgan fingerprint density at radius 3 is 2.27 bits per heavy atom. The molecule has 1 amide bonds. The Kier molecular flexibility index (Phi) is 6.74. The van der Waals surface area contributed by atoms with Crippen LogP contribution in [-0.2, 0) is 14.8 Å². The minimum Gasteiger partial charge on any atom is -0.340 e. The lowest BCUT2D eigenvalue weighted by Crippen LogP contribution is -2.50. The zero-order chi connectivity index (χ0) is 22.2. The first-order valence-electron chi connectivity index (χ1n) is 10.1. The Hall–Kier alpha value is -1.71. The molecule has 1 aliphatic rings. The van der Waals surface area contributed by atoms with Gasteiger partial charge in [-0.2, -0.15) is 9.40 Å². The maximum absolute atomic E-state index is 13.0. The number of carbonyl (C=O) groups is 1. The molecule has 1 aromatic carbocycles. The summed E-state index contributed by atoms with van der Waals surface area (Å²) in [5, 5.41) is 4.51. The predicted octanol–water partition coefficient (Wildman–Crippen LogP) is 3.36. The van der Waals surface area contributed by atoms with Gasteiger partial charge in [0.1, 0.15) is 0 Å². The van der Waals surface area contributed by atoms with Crippen molar-refractivity contribution in [1.82, 2.24) is 19.0 Å². The summed E-state index contributed by atoms with van der Waals surface area (Å²) >= 11 is 3.52. The second-order valence-corrected chi connectivity index (χ2v) is 10.7. The van der Waals surface area contributed by atoms with Gasteiger partial charge in [-0.05, 0) is 73.8 Å². The van der Waals surface area contributed by atoms with Crippen LogP contribution in [0.2, 0.25) is 0 Å². The van der Waals surface area contributed by atoms with Gasteiger partial charge < -0.3 is 4.90 Å². The van der Waals surface area contributed by atoms with Gasteiger partial charge in [-0.1, -0.05) is 6.07 Å². The summed E-state index contributed by atoms with van der Waals surface area (Å²) in [6.45, 7) is 11.2. The van der Waals surface area contributed by atoms with Gasteiger partial charge >= 0.3 is 0 Å². The van der Waals surface area contributed by atoms with E-state index in [-0.39, 0.29) is 11.9 Å². The van der Waals surface area contributed by atoms with Crippen LogP contribution >= 0.6 is 15.9 Å². The van der Waals surface area contributed by atoms with Crippen LogP contribution < -0.4 is 0 Å². The Morgan fingerprint density at radius 2 is 1.73 bits per heavy atom. The summed E-state index contributed by atoms with van der Waals surface area (Å²) < 4.78 is 30.2. The summed E-state index contributed by atoms with van der Waals surface area (Å²) in [4.78, 5) is 14.9. The molecule has 9 heteroatoms. The molecular formula is C21H29BrN4O3S. The zero-order valence-corrected chi connectivity index (χ0v) is 20.5. The second kappa shape index (κ2) is 8.80. The number of halogens is 1. The topological polar surface area (TPSA) is 75.5 Å². The number of hydrogen-bond donors (Lipinski definition) is 0. The predicted molar refractivity (Wildman–Crippen MR) is 120 cm³/mol. The largest absolute Gasteiger partial charge is 0.340 e. The summed E-state index contributed by atoms with van der Waals surface area (Å²) in [5.74, 6) is 0.0226. The van der Waals surface area contributed by atoms with Crippen molar-refractivity contribution >= 4 is 31.9 Å². The van der Waals surface area contributed by atoms with Crippen LogP contribution in [0.15, 0.2) is 27.6 Å². The van der Waals surface area contributed by atoms with E-state index in [4.69, 9.17) is 0 Å². The van der Waals surface area contributed by atoms with E-state index < -0.39 is 10.0 Å². The molecule has 1 fully saturated rings. The molecule has 30 heavy (non-hydrogen) atoms. The number of carbonyl (C=O) groups excluding carboxylic acids is 1. The molecule has 1 atom stereocenters. The third-order valence-electron chi connectivity index (χ3n) is 5.83. The van der Waals surface area contributed by atoms with E-state index in [1.165, 1.54) is 4.31 Å². The van der Waals surface area contributed by atoms with Crippen molar-refractivity contribution in [2.45, 2.75) is 52.0 Å². The van der Waals surface area contributed by atoms with E-state index in [1.54, 1.807) is 17.0 Å². The standard InChI is InChI=1S/C21H29BrN4O3S/c1-14-6-7-19(12-15(14)2)30(28,29)25-10-8-24(9-11-25)20(27)13-16(3)26-18(5)21(22)17(4)23-26/h6-7,12,16H,8-11,13H2,1-5H3/t16-/m0/s1. The SMILES string of the molecule is Cc1ccc(S(=O)(=O)N2CCN(C(=O)C[C@H](C)n3nc(C)c(Br)c3C)CC2)cc1C. The molecule has 2 aromatic rings. The lowest BCUT2D eigenvalue weighted by molar-refractivity contribution is -0.133. The fourth-order valence-corrected chi connectivity index (χ4v) is 5.51. The van der Waals surface area contributed by atoms with Crippen LogP contribution in [0.25, 0.3) is 0 Å². The van der Waals surface area contributed by atoms with Crippen molar-refractivity contribution < 1.29 is 13.2 Å². The fourth-order valence-electron chi connectivity index (χ4n) is 3.74. The molecule has 2 heterocycles. The number of benzene rings is 1. The van der Waals surface area contributed by atoms with E-state index in [2.05, 4.69) is 21.0 Å². The van der Waals surface area contributed by atoms with Crippen LogP contribution in [0.3, 0.4) is 0 Å². The van der Waals surface area contributed by atoms with Crippen LogP contribution in [0.1, 0.15) is 41.9 Å². The highest BCUT2D eigenvalue weighted by Crippen LogP contribution is 2.25. The highest BCUT2D eigenvalue weighted by molar-refractivity contribution is 9.10. The number of piperazine rings is 1. The number of sulfonamides is 1.